The summed E-state index contributed by atoms with van der Waals surface area (Å²) in [5.74, 6) is 6.50. The van der Waals surface area contributed by atoms with Gasteiger partial charge in [-0.25, -0.2) is 0 Å². The van der Waals surface area contributed by atoms with Crippen LogP contribution in [-0.4, -0.2) is 54.2 Å². The normalized spacial score (nSPS) is 22.9. The lowest BCUT2D eigenvalue weighted by Crippen LogP contribution is -2.59. The molecule has 1 aromatic carbocycles. The monoisotopic (exact) mass is 418 g/mol. The van der Waals surface area contributed by atoms with Crippen LogP contribution in [0.5, 0.6) is 5.75 Å². The molecule has 1 aromatic heterocycles. The predicted molar refractivity (Wildman–Crippen MR) is 117 cm³/mol. The summed E-state index contributed by atoms with van der Waals surface area (Å²) in [5, 5.41) is 6.89. The number of thioether (sulfide) groups is 2. The van der Waals surface area contributed by atoms with Gasteiger partial charge < -0.3 is 19.8 Å². The van der Waals surface area contributed by atoms with Crippen LogP contribution in [-0.2, 0) is 0 Å². The smallest absolute Gasteiger partial charge is 0.287 e. The van der Waals surface area contributed by atoms with Crippen molar-refractivity contribution in [1.29, 1.82) is 0 Å². The van der Waals surface area contributed by atoms with E-state index in [1.807, 2.05) is 53.9 Å². The van der Waals surface area contributed by atoms with E-state index in [0.29, 0.717) is 23.6 Å². The number of hydrogen-bond acceptors (Lipinski definition) is 6. The first-order valence-corrected chi connectivity index (χ1v) is 12.0. The van der Waals surface area contributed by atoms with Crippen molar-refractivity contribution >= 4 is 29.4 Å². The summed E-state index contributed by atoms with van der Waals surface area (Å²) in [6.45, 7) is 0. The number of amides is 1. The minimum absolute atomic E-state index is 0.138. The van der Waals surface area contributed by atoms with Gasteiger partial charge in [-0.05, 0) is 49.2 Å². The SMILES string of the molecule is COc1ccc(-c2ccc(C(=O)N[C@H]3CC[C@H]3NC3CSCCSC3)o2)cc1. The fourth-order valence-corrected chi connectivity index (χ4v) is 5.92. The Morgan fingerprint density at radius 2 is 1.75 bits per heavy atom. The van der Waals surface area contributed by atoms with Gasteiger partial charge in [-0.1, -0.05) is 0 Å². The third-order valence-electron chi connectivity index (χ3n) is 5.26. The molecule has 1 saturated carbocycles. The number of benzene rings is 1. The predicted octanol–water partition coefficient (Wildman–Crippen LogP) is 3.65. The number of carbonyl (C=O) groups is 1. The third-order valence-corrected chi connectivity index (χ3v) is 7.78. The summed E-state index contributed by atoms with van der Waals surface area (Å²) in [7, 11) is 1.64. The van der Waals surface area contributed by atoms with Crippen LogP contribution >= 0.6 is 23.5 Å². The zero-order valence-corrected chi connectivity index (χ0v) is 17.6. The molecular formula is C21H26N2O3S2. The molecule has 2 aromatic rings. The zero-order valence-electron chi connectivity index (χ0n) is 16.0. The van der Waals surface area contributed by atoms with Crippen molar-refractivity contribution in [1.82, 2.24) is 10.6 Å². The molecule has 5 nitrogen and oxygen atoms in total. The Hall–Kier alpha value is -1.57. The van der Waals surface area contributed by atoms with E-state index in [0.717, 1.165) is 35.7 Å². The van der Waals surface area contributed by atoms with E-state index in [4.69, 9.17) is 9.15 Å². The van der Waals surface area contributed by atoms with Gasteiger partial charge in [0.15, 0.2) is 5.76 Å². The van der Waals surface area contributed by atoms with Crippen molar-refractivity contribution in [3.63, 3.8) is 0 Å². The van der Waals surface area contributed by atoms with E-state index < -0.39 is 0 Å². The average molecular weight is 419 g/mol. The van der Waals surface area contributed by atoms with Gasteiger partial charge in [0.25, 0.3) is 5.91 Å². The van der Waals surface area contributed by atoms with E-state index in [2.05, 4.69) is 10.6 Å². The Kier molecular flexibility index (Phi) is 6.54. The second kappa shape index (κ2) is 9.29. The highest BCUT2D eigenvalue weighted by Crippen LogP contribution is 2.26. The maximum absolute atomic E-state index is 12.6. The lowest BCUT2D eigenvalue weighted by Gasteiger charge is -2.39. The number of rotatable bonds is 6. The molecular weight excluding hydrogens is 392 g/mol. The second-order valence-electron chi connectivity index (χ2n) is 7.17. The molecule has 0 radical (unpaired) electrons. The highest BCUT2D eigenvalue weighted by molar-refractivity contribution is 8.03. The highest BCUT2D eigenvalue weighted by atomic mass is 32.2. The molecule has 1 aliphatic heterocycles. The molecule has 2 atom stereocenters. The summed E-state index contributed by atoms with van der Waals surface area (Å²) in [6, 6.07) is 12.3. The summed E-state index contributed by atoms with van der Waals surface area (Å²) < 4.78 is 11.0. The molecule has 0 bridgehead atoms. The molecule has 0 spiro atoms. The van der Waals surface area contributed by atoms with Gasteiger partial charge in [-0.15, -0.1) is 0 Å². The molecule has 1 amide bonds. The molecule has 2 fully saturated rings. The summed E-state index contributed by atoms with van der Waals surface area (Å²) >= 11 is 4.04. The quantitative estimate of drug-likeness (QED) is 0.747. The van der Waals surface area contributed by atoms with Crippen LogP contribution in [0.4, 0.5) is 0 Å². The van der Waals surface area contributed by atoms with Crippen LogP contribution < -0.4 is 15.4 Å². The van der Waals surface area contributed by atoms with Gasteiger partial charge in [-0.3, -0.25) is 4.79 Å². The first-order chi connectivity index (χ1) is 13.7. The number of furan rings is 1. The van der Waals surface area contributed by atoms with Crippen LogP contribution in [0.15, 0.2) is 40.8 Å². The Bertz CT molecular complexity index is 785. The van der Waals surface area contributed by atoms with E-state index >= 15 is 0 Å². The molecule has 28 heavy (non-hydrogen) atoms. The first-order valence-electron chi connectivity index (χ1n) is 9.69. The summed E-state index contributed by atoms with van der Waals surface area (Å²) in [5.41, 5.74) is 0.923. The Morgan fingerprint density at radius 3 is 2.39 bits per heavy atom. The van der Waals surface area contributed by atoms with Crippen molar-refractivity contribution < 1.29 is 13.9 Å². The molecule has 150 valence electrons. The van der Waals surface area contributed by atoms with E-state index in [-0.39, 0.29) is 11.9 Å². The summed E-state index contributed by atoms with van der Waals surface area (Å²) in [6.07, 6.45) is 2.13. The van der Waals surface area contributed by atoms with Crippen LogP contribution in [0.3, 0.4) is 0 Å². The fraction of sp³-hybridized carbons (Fsp3) is 0.476. The molecule has 1 aliphatic carbocycles. The van der Waals surface area contributed by atoms with E-state index in [1.54, 1.807) is 13.2 Å². The molecule has 2 aliphatic rings. The van der Waals surface area contributed by atoms with Crippen molar-refractivity contribution in [3.05, 3.63) is 42.2 Å². The molecule has 1 saturated heterocycles. The topological polar surface area (TPSA) is 63.5 Å². The van der Waals surface area contributed by atoms with Crippen molar-refractivity contribution in [3.8, 4) is 17.1 Å². The lowest BCUT2D eigenvalue weighted by molar-refractivity contribution is 0.0864. The number of methoxy groups -OCH3 is 1. The van der Waals surface area contributed by atoms with Gasteiger partial charge in [-0.2, -0.15) is 23.5 Å². The van der Waals surface area contributed by atoms with Gasteiger partial charge >= 0.3 is 0 Å². The molecule has 2 heterocycles. The highest BCUT2D eigenvalue weighted by Gasteiger charge is 2.34. The minimum Gasteiger partial charge on any atom is -0.497 e. The zero-order chi connectivity index (χ0) is 19.3. The van der Waals surface area contributed by atoms with Crippen molar-refractivity contribution in [2.24, 2.45) is 0 Å². The average Bonchev–Trinajstić information content (AvgIpc) is 3.07. The van der Waals surface area contributed by atoms with Crippen LogP contribution in [0.2, 0.25) is 0 Å². The number of nitrogens with one attached hydrogen (secondary N) is 2. The Labute approximate surface area is 174 Å². The fourth-order valence-electron chi connectivity index (χ4n) is 3.50. The standard InChI is InChI=1S/C21H26N2O3S2/c1-25-16-4-2-14(3-5-16)19-8-9-20(26-19)21(24)23-18-7-6-17(18)22-15-12-27-10-11-28-13-15/h2-5,8-9,15,17-18,22H,6-7,10-13H2,1H3,(H,23,24)/t17-,18+/m1/s1. The Morgan fingerprint density at radius 1 is 1.04 bits per heavy atom. The molecule has 7 heteroatoms. The van der Waals surface area contributed by atoms with Crippen LogP contribution in [0, 0.1) is 0 Å². The van der Waals surface area contributed by atoms with Crippen LogP contribution in [0.25, 0.3) is 11.3 Å². The van der Waals surface area contributed by atoms with Crippen LogP contribution in [0.1, 0.15) is 23.4 Å². The summed E-state index contributed by atoms with van der Waals surface area (Å²) in [4.78, 5) is 12.6. The maximum Gasteiger partial charge on any atom is 0.287 e. The maximum atomic E-state index is 12.6. The number of hydrogen-bond donors (Lipinski definition) is 2. The van der Waals surface area contributed by atoms with Crippen molar-refractivity contribution in [2.75, 3.05) is 30.1 Å². The third kappa shape index (κ3) is 4.70. The van der Waals surface area contributed by atoms with E-state index in [9.17, 15) is 4.79 Å². The van der Waals surface area contributed by atoms with Gasteiger partial charge in [0.05, 0.1) is 7.11 Å². The van der Waals surface area contributed by atoms with E-state index in [1.165, 1.54) is 11.5 Å². The molecule has 0 unspecified atom stereocenters. The first kappa shape index (κ1) is 19.7. The van der Waals surface area contributed by atoms with Gasteiger partial charge in [0, 0.05) is 46.7 Å². The molecule has 4 rings (SSSR count). The van der Waals surface area contributed by atoms with Gasteiger partial charge in [0.1, 0.15) is 11.5 Å². The second-order valence-corrected chi connectivity index (χ2v) is 9.47. The van der Waals surface area contributed by atoms with Crippen molar-refractivity contribution in [2.45, 2.75) is 31.0 Å². The molecule has 2 N–H and O–H groups in total. The number of carbonyl (C=O) groups excluding carboxylic acids is 1. The number of ether oxygens (including phenoxy) is 1. The Balaban J connectivity index is 1.32. The largest absolute Gasteiger partial charge is 0.497 e. The lowest BCUT2D eigenvalue weighted by atomic mass is 9.85. The minimum atomic E-state index is -0.138. The van der Waals surface area contributed by atoms with Gasteiger partial charge in [0.2, 0.25) is 0 Å².